The van der Waals surface area contributed by atoms with Crippen LogP contribution in [0.25, 0.3) is 0 Å². The van der Waals surface area contributed by atoms with Gasteiger partial charge in [0.1, 0.15) is 5.01 Å². The summed E-state index contributed by atoms with van der Waals surface area (Å²) in [5.74, 6) is 1.38. The summed E-state index contributed by atoms with van der Waals surface area (Å²) in [6.07, 6.45) is 3.25. The summed E-state index contributed by atoms with van der Waals surface area (Å²) in [7, 11) is 0. The quantitative estimate of drug-likeness (QED) is 0.752. The molecule has 0 aliphatic carbocycles. The lowest BCUT2D eigenvalue weighted by atomic mass is 10.1. The predicted octanol–water partition coefficient (Wildman–Crippen LogP) is 3.40. The second-order valence-electron chi connectivity index (χ2n) is 4.67. The van der Waals surface area contributed by atoms with Crippen molar-refractivity contribution in [3.63, 3.8) is 0 Å². The van der Waals surface area contributed by atoms with Gasteiger partial charge in [-0.25, -0.2) is 4.98 Å². The Hall–Kier alpha value is -0.410. The molecule has 0 saturated carbocycles. The molecule has 0 saturated heterocycles. The third kappa shape index (κ3) is 4.76. The van der Waals surface area contributed by atoms with Gasteiger partial charge in [0.2, 0.25) is 0 Å². The Kier molecular flexibility index (Phi) is 5.26. The molecule has 1 heterocycles. The fraction of sp³-hybridized carbons (Fsp3) is 0.750. The molecule has 1 aromatic heterocycles. The fourth-order valence-electron chi connectivity index (χ4n) is 1.26. The van der Waals surface area contributed by atoms with Gasteiger partial charge < -0.3 is 5.32 Å². The van der Waals surface area contributed by atoms with E-state index in [4.69, 9.17) is 0 Å². The maximum atomic E-state index is 4.41. The molecule has 86 valence electrons. The van der Waals surface area contributed by atoms with Gasteiger partial charge in [0, 0.05) is 17.6 Å². The maximum Gasteiger partial charge on any atom is 0.107 e. The predicted molar refractivity (Wildman–Crippen MR) is 67.4 cm³/mol. The van der Waals surface area contributed by atoms with Gasteiger partial charge >= 0.3 is 0 Å². The van der Waals surface area contributed by atoms with E-state index in [2.05, 4.69) is 38.0 Å². The lowest BCUT2D eigenvalue weighted by Gasteiger charge is -2.04. The van der Waals surface area contributed by atoms with E-state index < -0.39 is 0 Å². The molecule has 0 amide bonds. The molecule has 0 spiro atoms. The molecule has 0 aliphatic rings. The van der Waals surface area contributed by atoms with Crippen LogP contribution in [0.3, 0.4) is 0 Å². The molecule has 1 aromatic rings. The average Bonchev–Trinajstić information content (AvgIpc) is 2.60. The van der Waals surface area contributed by atoms with E-state index in [1.165, 1.54) is 16.3 Å². The topological polar surface area (TPSA) is 24.9 Å². The van der Waals surface area contributed by atoms with Crippen molar-refractivity contribution in [2.75, 3.05) is 6.54 Å². The highest BCUT2D eigenvalue weighted by molar-refractivity contribution is 7.11. The SMILES string of the molecule is CC(C)CCNCc1ncc(C(C)C)s1. The zero-order valence-electron chi connectivity index (χ0n) is 10.2. The first-order valence-electron chi connectivity index (χ1n) is 5.75. The Labute approximate surface area is 97.1 Å². The molecular weight excluding hydrogens is 204 g/mol. The molecule has 3 heteroatoms. The van der Waals surface area contributed by atoms with Crippen LogP contribution < -0.4 is 5.32 Å². The molecule has 0 aromatic carbocycles. The van der Waals surface area contributed by atoms with Gasteiger partial charge in [-0.1, -0.05) is 27.7 Å². The van der Waals surface area contributed by atoms with Crippen molar-refractivity contribution in [1.82, 2.24) is 10.3 Å². The van der Waals surface area contributed by atoms with E-state index in [9.17, 15) is 0 Å². The largest absolute Gasteiger partial charge is 0.310 e. The van der Waals surface area contributed by atoms with Crippen molar-refractivity contribution in [2.45, 2.75) is 46.6 Å². The van der Waals surface area contributed by atoms with E-state index >= 15 is 0 Å². The van der Waals surface area contributed by atoms with Crippen LogP contribution in [-0.2, 0) is 6.54 Å². The van der Waals surface area contributed by atoms with Crippen molar-refractivity contribution in [3.05, 3.63) is 16.1 Å². The number of rotatable bonds is 6. The normalized spacial score (nSPS) is 11.6. The maximum absolute atomic E-state index is 4.41. The molecule has 15 heavy (non-hydrogen) atoms. The van der Waals surface area contributed by atoms with Gasteiger partial charge in [-0.2, -0.15) is 0 Å². The molecule has 0 radical (unpaired) electrons. The minimum atomic E-state index is 0.604. The average molecular weight is 226 g/mol. The Morgan fingerprint density at radius 1 is 1.33 bits per heavy atom. The van der Waals surface area contributed by atoms with E-state index in [0.717, 1.165) is 19.0 Å². The lowest BCUT2D eigenvalue weighted by Crippen LogP contribution is -2.15. The Bertz CT molecular complexity index is 279. The number of thiazole rings is 1. The van der Waals surface area contributed by atoms with Crippen LogP contribution in [0.1, 0.15) is 49.9 Å². The molecular formula is C12H22N2S. The van der Waals surface area contributed by atoms with Crippen molar-refractivity contribution >= 4 is 11.3 Å². The number of hydrogen-bond donors (Lipinski definition) is 1. The second-order valence-corrected chi connectivity index (χ2v) is 5.82. The Morgan fingerprint density at radius 2 is 2.07 bits per heavy atom. The lowest BCUT2D eigenvalue weighted by molar-refractivity contribution is 0.537. The highest BCUT2D eigenvalue weighted by Gasteiger charge is 2.04. The van der Waals surface area contributed by atoms with Crippen LogP contribution in [0.2, 0.25) is 0 Å². The third-order valence-electron chi connectivity index (χ3n) is 2.32. The van der Waals surface area contributed by atoms with E-state index in [-0.39, 0.29) is 0 Å². The number of aromatic nitrogens is 1. The van der Waals surface area contributed by atoms with Crippen LogP contribution in [0, 0.1) is 5.92 Å². The highest BCUT2D eigenvalue weighted by atomic mass is 32.1. The summed E-state index contributed by atoms with van der Waals surface area (Å²) in [5.41, 5.74) is 0. The first kappa shape index (κ1) is 12.7. The third-order valence-corrected chi connectivity index (χ3v) is 3.61. The molecule has 0 fully saturated rings. The summed E-state index contributed by atoms with van der Waals surface area (Å²) in [6, 6.07) is 0. The molecule has 0 unspecified atom stereocenters. The zero-order valence-corrected chi connectivity index (χ0v) is 11.0. The second kappa shape index (κ2) is 6.23. The van der Waals surface area contributed by atoms with Crippen LogP contribution in [0.5, 0.6) is 0 Å². The molecule has 0 atom stereocenters. The van der Waals surface area contributed by atoms with Crippen LogP contribution in [0.4, 0.5) is 0 Å². The molecule has 1 rings (SSSR count). The van der Waals surface area contributed by atoms with Crippen molar-refractivity contribution in [2.24, 2.45) is 5.92 Å². The summed E-state index contributed by atoms with van der Waals surface area (Å²) in [6.45, 7) is 10.9. The smallest absolute Gasteiger partial charge is 0.107 e. The number of nitrogens with one attached hydrogen (secondary N) is 1. The first-order chi connectivity index (χ1) is 7.09. The summed E-state index contributed by atoms with van der Waals surface area (Å²) in [4.78, 5) is 5.79. The summed E-state index contributed by atoms with van der Waals surface area (Å²) in [5, 5.41) is 4.64. The van der Waals surface area contributed by atoms with Gasteiger partial charge in [0.05, 0.1) is 0 Å². The van der Waals surface area contributed by atoms with Gasteiger partial charge in [0.25, 0.3) is 0 Å². The van der Waals surface area contributed by atoms with E-state index in [1.807, 2.05) is 17.5 Å². The van der Waals surface area contributed by atoms with E-state index in [1.54, 1.807) is 0 Å². The number of nitrogens with zero attached hydrogens (tertiary/aromatic N) is 1. The fourth-order valence-corrected chi connectivity index (χ4v) is 2.15. The minimum Gasteiger partial charge on any atom is -0.310 e. The van der Waals surface area contributed by atoms with Gasteiger partial charge in [-0.05, 0) is 24.8 Å². The monoisotopic (exact) mass is 226 g/mol. The molecule has 2 nitrogen and oxygen atoms in total. The van der Waals surface area contributed by atoms with Crippen LogP contribution in [-0.4, -0.2) is 11.5 Å². The Morgan fingerprint density at radius 3 is 2.60 bits per heavy atom. The minimum absolute atomic E-state index is 0.604. The van der Waals surface area contributed by atoms with Crippen LogP contribution >= 0.6 is 11.3 Å². The molecule has 0 bridgehead atoms. The Balaban J connectivity index is 2.26. The first-order valence-corrected chi connectivity index (χ1v) is 6.56. The van der Waals surface area contributed by atoms with Crippen molar-refractivity contribution < 1.29 is 0 Å². The van der Waals surface area contributed by atoms with Crippen molar-refractivity contribution in [3.8, 4) is 0 Å². The van der Waals surface area contributed by atoms with Gasteiger partial charge in [-0.3, -0.25) is 0 Å². The van der Waals surface area contributed by atoms with Gasteiger partial charge in [0.15, 0.2) is 0 Å². The van der Waals surface area contributed by atoms with Crippen LogP contribution in [0.15, 0.2) is 6.20 Å². The summed E-state index contributed by atoms with van der Waals surface area (Å²) >= 11 is 1.83. The number of hydrogen-bond acceptors (Lipinski definition) is 3. The van der Waals surface area contributed by atoms with Crippen molar-refractivity contribution in [1.29, 1.82) is 0 Å². The standard InChI is InChI=1S/C12H22N2S/c1-9(2)5-6-13-8-12-14-7-11(15-12)10(3)4/h7,9-10,13H,5-6,8H2,1-4H3. The highest BCUT2D eigenvalue weighted by Crippen LogP contribution is 2.21. The molecule has 0 aliphatic heterocycles. The molecule has 1 N–H and O–H groups in total. The van der Waals surface area contributed by atoms with Gasteiger partial charge in [-0.15, -0.1) is 11.3 Å². The van der Waals surface area contributed by atoms with E-state index in [0.29, 0.717) is 5.92 Å². The summed E-state index contributed by atoms with van der Waals surface area (Å²) < 4.78 is 0. The zero-order chi connectivity index (χ0) is 11.3.